The topological polar surface area (TPSA) is 75.2 Å². The first-order valence-corrected chi connectivity index (χ1v) is 10.1. The van der Waals surface area contributed by atoms with Crippen LogP contribution in [0.1, 0.15) is 45.6 Å². The summed E-state index contributed by atoms with van der Waals surface area (Å²) in [6, 6.07) is 7.59. The predicted octanol–water partition coefficient (Wildman–Crippen LogP) is 3.88. The average molecular weight is 387 g/mol. The summed E-state index contributed by atoms with van der Waals surface area (Å²) >= 11 is 1.34. The molecule has 1 N–H and O–H groups in total. The second-order valence-corrected chi connectivity index (χ2v) is 9.23. The standard InChI is InChI=1S/C20H26N4O2S/c1-13-7-5-8-14(11-13)18-22-23-19(27-18)21-17(26)15-9-6-10-24(15)16(25)12-20(2,3)4/h5,7-8,11,15H,6,9-10,12H2,1-4H3,(H,21,23,26). The molecule has 27 heavy (non-hydrogen) atoms. The Kier molecular flexibility index (Phi) is 5.60. The highest BCUT2D eigenvalue weighted by atomic mass is 32.1. The molecule has 144 valence electrons. The minimum Gasteiger partial charge on any atom is -0.331 e. The van der Waals surface area contributed by atoms with E-state index < -0.39 is 6.04 Å². The Morgan fingerprint density at radius 2 is 2.07 bits per heavy atom. The fourth-order valence-electron chi connectivity index (χ4n) is 3.25. The predicted molar refractivity (Wildman–Crippen MR) is 108 cm³/mol. The van der Waals surface area contributed by atoms with Crippen molar-refractivity contribution in [3.63, 3.8) is 0 Å². The number of hydrogen-bond donors (Lipinski definition) is 1. The van der Waals surface area contributed by atoms with Crippen LogP contribution in [0.4, 0.5) is 5.13 Å². The fraction of sp³-hybridized carbons (Fsp3) is 0.500. The fourth-order valence-corrected chi connectivity index (χ4v) is 3.99. The number of anilines is 1. The van der Waals surface area contributed by atoms with Gasteiger partial charge in [-0.2, -0.15) is 0 Å². The van der Waals surface area contributed by atoms with Gasteiger partial charge in [0.25, 0.3) is 0 Å². The molecule has 1 saturated heterocycles. The smallest absolute Gasteiger partial charge is 0.249 e. The minimum absolute atomic E-state index is 0.0397. The Balaban J connectivity index is 1.67. The Bertz CT molecular complexity index is 841. The lowest BCUT2D eigenvalue weighted by Gasteiger charge is -2.27. The van der Waals surface area contributed by atoms with Gasteiger partial charge in [-0.1, -0.05) is 55.9 Å². The van der Waals surface area contributed by atoms with Crippen LogP contribution in [0.15, 0.2) is 24.3 Å². The van der Waals surface area contributed by atoms with Gasteiger partial charge < -0.3 is 4.90 Å². The van der Waals surface area contributed by atoms with Gasteiger partial charge in [0, 0.05) is 18.5 Å². The van der Waals surface area contributed by atoms with Crippen molar-refractivity contribution in [2.45, 2.75) is 53.0 Å². The van der Waals surface area contributed by atoms with Crippen molar-refractivity contribution in [2.24, 2.45) is 5.41 Å². The van der Waals surface area contributed by atoms with Crippen LogP contribution in [-0.2, 0) is 9.59 Å². The molecule has 0 bridgehead atoms. The van der Waals surface area contributed by atoms with Crippen molar-refractivity contribution in [1.29, 1.82) is 0 Å². The number of nitrogens with zero attached hydrogens (tertiary/aromatic N) is 3. The zero-order valence-corrected chi connectivity index (χ0v) is 17.1. The van der Waals surface area contributed by atoms with Crippen LogP contribution in [0.3, 0.4) is 0 Å². The Morgan fingerprint density at radius 1 is 1.30 bits per heavy atom. The number of nitrogens with one attached hydrogen (secondary N) is 1. The maximum absolute atomic E-state index is 12.7. The monoisotopic (exact) mass is 386 g/mol. The first-order valence-electron chi connectivity index (χ1n) is 9.24. The van der Waals surface area contributed by atoms with Crippen LogP contribution >= 0.6 is 11.3 Å². The van der Waals surface area contributed by atoms with E-state index in [2.05, 4.69) is 15.5 Å². The van der Waals surface area contributed by atoms with E-state index in [9.17, 15) is 9.59 Å². The Labute approximate surface area is 164 Å². The van der Waals surface area contributed by atoms with E-state index in [1.165, 1.54) is 11.3 Å². The van der Waals surface area contributed by atoms with Crippen molar-refractivity contribution in [3.05, 3.63) is 29.8 Å². The summed E-state index contributed by atoms with van der Waals surface area (Å²) in [5.41, 5.74) is 2.03. The van der Waals surface area contributed by atoms with Gasteiger partial charge in [0.1, 0.15) is 11.0 Å². The molecule has 1 aliphatic heterocycles. The van der Waals surface area contributed by atoms with Gasteiger partial charge >= 0.3 is 0 Å². The number of benzene rings is 1. The number of amides is 2. The molecule has 1 aromatic heterocycles. The van der Waals surface area contributed by atoms with Gasteiger partial charge in [0.2, 0.25) is 16.9 Å². The van der Waals surface area contributed by atoms with Crippen molar-refractivity contribution in [3.8, 4) is 10.6 Å². The number of aryl methyl sites for hydroxylation is 1. The lowest BCUT2D eigenvalue weighted by Crippen LogP contribution is -2.44. The summed E-state index contributed by atoms with van der Waals surface area (Å²) < 4.78 is 0. The van der Waals surface area contributed by atoms with Crippen molar-refractivity contribution >= 4 is 28.3 Å². The normalized spacial score (nSPS) is 17.2. The molecule has 1 fully saturated rings. The number of hydrogen-bond acceptors (Lipinski definition) is 5. The third-order valence-corrected chi connectivity index (χ3v) is 5.37. The Hall–Kier alpha value is -2.28. The van der Waals surface area contributed by atoms with E-state index in [-0.39, 0.29) is 17.2 Å². The highest BCUT2D eigenvalue weighted by Gasteiger charge is 2.35. The highest BCUT2D eigenvalue weighted by molar-refractivity contribution is 7.18. The van der Waals surface area contributed by atoms with Crippen LogP contribution in [-0.4, -0.2) is 39.5 Å². The SMILES string of the molecule is Cc1cccc(-c2nnc(NC(=O)C3CCCN3C(=O)CC(C)(C)C)s2)c1. The first-order chi connectivity index (χ1) is 12.7. The van der Waals surface area contributed by atoms with Gasteiger partial charge in [-0.3, -0.25) is 14.9 Å². The molecule has 0 aliphatic carbocycles. The van der Waals surface area contributed by atoms with Gasteiger partial charge in [-0.15, -0.1) is 10.2 Å². The second kappa shape index (κ2) is 7.76. The van der Waals surface area contributed by atoms with Crippen LogP contribution in [0.25, 0.3) is 10.6 Å². The summed E-state index contributed by atoms with van der Waals surface area (Å²) in [5.74, 6) is -0.139. The maximum atomic E-state index is 12.7. The highest BCUT2D eigenvalue weighted by Crippen LogP contribution is 2.29. The summed E-state index contributed by atoms with van der Waals surface area (Å²) in [4.78, 5) is 27.0. The molecule has 0 spiro atoms. The number of rotatable bonds is 4. The Morgan fingerprint density at radius 3 is 2.78 bits per heavy atom. The molecule has 1 atom stereocenters. The molecule has 0 saturated carbocycles. The van der Waals surface area contributed by atoms with Crippen molar-refractivity contribution < 1.29 is 9.59 Å². The number of carbonyl (C=O) groups excluding carboxylic acids is 2. The van der Waals surface area contributed by atoms with E-state index in [0.29, 0.717) is 24.5 Å². The third-order valence-electron chi connectivity index (χ3n) is 4.48. The van der Waals surface area contributed by atoms with Crippen LogP contribution < -0.4 is 5.32 Å². The third kappa shape index (κ3) is 4.91. The number of likely N-dealkylation sites (tertiary alicyclic amines) is 1. The number of carbonyl (C=O) groups is 2. The number of aromatic nitrogens is 2. The lowest BCUT2D eigenvalue weighted by atomic mass is 9.91. The molecule has 2 heterocycles. The molecule has 6 nitrogen and oxygen atoms in total. The van der Waals surface area contributed by atoms with E-state index >= 15 is 0 Å². The molecule has 0 radical (unpaired) electrons. The van der Waals surface area contributed by atoms with Gasteiger partial charge in [0.15, 0.2) is 0 Å². The zero-order valence-electron chi connectivity index (χ0n) is 16.3. The maximum Gasteiger partial charge on any atom is 0.249 e. The summed E-state index contributed by atoms with van der Waals surface area (Å²) in [6.07, 6.45) is 1.97. The average Bonchev–Trinajstić information content (AvgIpc) is 3.22. The molecule has 2 amide bonds. The van der Waals surface area contributed by atoms with E-state index in [1.807, 2.05) is 52.0 Å². The largest absolute Gasteiger partial charge is 0.331 e. The van der Waals surface area contributed by atoms with E-state index in [4.69, 9.17) is 0 Å². The molecule has 1 aliphatic rings. The van der Waals surface area contributed by atoms with Crippen molar-refractivity contribution in [1.82, 2.24) is 15.1 Å². The van der Waals surface area contributed by atoms with Gasteiger partial charge in [-0.25, -0.2) is 0 Å². The lowest BCUT2D eigenvalue weighted by molar-refractivity contribution is -0.138. The van der Waals surface area contributed by atoms with E-state index in [1.54, 1.807) is 4.90 Å². The molecule has 3 rings (SSSR count). The quantitative estimate of drug-likeness (QED) is 0.865. The molecule has 7 heteroatoms. The van der Waals surface area contributed by atoms with Crippen LogP contribution in [0.5, 0.6) is 0 Å². The van der Waals surface area contributed by atoms with Crippen LogP contribution in [0.2, 0.25) is 0 Å². The zero-order chi connectivity index (χ0) is 19.6. The molecule has 1 unspecified atom stereocenters. The molecule has 1 aromatic carbocycles. The first kappa shape index (κ1) is 19.5. The molecular formula is C20H26N4O2S. The van der Waals surface area contributed by atoms with Gasteiger partial charge in [-0.05, 0) is 31.2 Å². The van der Waals surface area contributed by atoms with Crippen molar-refractivity contribution in [2.75, 3.05) is 11.9 Å². The second-order valence-electron chi connectivity index (χ2n) is 8.25. The summed E-state index contributed by atoms with van der Waals surface area (Å²) in [6.45, 7) is 8.76. The summed E-state index contributed by atoms with van der Waals surface area (Å²) in [5, 5.41) is 12.4. The van der Waals surface area contributed by atoms with E-state index in [0.717, 1.165) is 22.6 Å². The summed E-state index contributed by atoms with van der Waals surface area (Å²) in [7, 11) is 0. The minimum atomic E-state index is -0.425. The van der Waals surface area contributed by atoms with Crippen LogP contribution in [0, 0.1) is 12.3 Å². The molecule has 2 aromatic rings. The van der Waals surface area contributed by atoms with Gasteiger partial charge in [0.05, 0.1) is 0 Å². The molecular weight excluding hydrogens is 360 g/mol.